The zero-order valence-corrected chi connectivity index (χ0v) is 15.3. The predicted molar refractivity (Wildman–Crippen MR) is 95.2 cm³/mol. The maximum Gasteiger partial charge on any atom is 0.494 e. The average Bonchev–Trinajstić information content (AvgIpc) is 2.75. The Bertz CT molecular complexity index is 656. The normalized spacial score (nSPS) is 23.1. The van der Waals surface area contributed by atoms with Gasteiger partial charge in [0.2, 0.25) is 0 Å². The lowest BCUT2D eigenvalue weighted by atomic mass is 9.78. The molecule has 136 valence electrons. The van der Waals surface area contributed by atoms with Crippen LogP contribution < -0.4 is 11.2 Å². The zero-order valence-electron chi connectivity index (χ0n) is 15.3. The standard InChI is InChI=1S/C18H26BFN2O3/c1-17(2)18(3,4)25-19(24-17)12-5-6-14(15(20)11-12)16(23)22-9-7-13(21)8-10-22/h5-6,11,13H,7-10,21H2,1-4H3. The van der Waals surface area contributed by atoms with Gasteiger partial charge in [-0.2, -0.15) is 0 Å². The number of rotatable bonds is 2. The molecule has 0 bridgehead atoms. The van der Waals surface area contributed by atoms with E-state index in [0.29, 0.717) is 18.6 Å². The van der Waals surface area contributed by atoms with Crippen LogP contribution in [0.2, 0.25) is 0 Å². The van der Waals surface area contributed by atoms with Crippen molar-refractivity contribution >= 4 is 18.5 Å². The number of carbonyl (C=O) groups is 1. The Kier molecular flexibility index (Phi) is 4.68. The first-order valence-electron chi connectivity index (χ1n) is 8.81. The number of carbonyl (C=O) groups excluding carboxylic acids is 1. The van der Waals surface area contributed by atoms with Gasteiger partial charge in [-0.05, 0) is 58.1 Å². The fraction of sp³-hybridized carbons (Fsp3) is 0.611. The van der Waals surface area contributed by atoms with Crippen LogP contribution in [0, 0.1) is 5.82 Å². The van der Waals surface area contributed by atoms with Gasteiger partial charge in [0.1, 0.15) is 5.82 Å². The second-order valence-corrected chi connectivity index (χ2v) is 7.96. The molecular weight excluding hydrogens is 322 g/mol. The molecule has 0 radical (unpaired) electrons. The summed E-state index contributed by atoms with van der Waals surface area (Å²) in [5.41, 5.74) is 5.53. The minimum Gasteiger partial charge on any atom is -0.399 e. The van der Waals surface area contributed by atoms with Crippen LogP contribution in [0.1, 0.15) is 50.9 Å². The van der Waals surface area contributed by atoms with Gasteiger partial charge in [-0.3, -0.25) is 4.79 Å². The first-order chi connectivity index (χ1) is 11.6. The van der Waals surface area contributed by atoms with Gasteiger partial charge in [0.25, 0.3) is 5.91 Å². The molecule has 2 saturated heterocycles. The van der Waals surface area contributed by atoms with Crippen LogP contribution in [0.3, 0.4) is 0 Å². The predicted octanol–water partition coefficient (Wildman–Crippen LogP) is 1.69. The average molecular weight is 348 g/mol. The van der Waals surface area contributed by atoms with Crippen LogP contribution >= 0.6 is 0 Å². The minimum absolute atomic E-state index is 0.0794. The molecule has 25 heavy (non-hydrogen) atoms. The highest BCUT2D eigenvalue weighted by molar-refractivity contribution is 6.62. The molecule has 2 N–H and O–H groups in total. The Balaban J connectivity index is 1.77. The van der Waals surface area contributed by atoms with Crippen molar-refractivity contribution in [2.24, 2.45) is 5.73 Å². The Morgan fingerprint density at radius 2 is 1.76 bits per heavy atom. The summed E-state index contributed by atoms with van der Waals surface area (Å²) in [6.45, 7) is 8.92. The molecule has 1 aromatic rings. The van der Waals surface area contributed by atoms with Gasteiger partial charge in [0.15, 0.2) is 0 Å². The van der Waals surface area contributed by atoms with E-state index in [1.165, 1.54) is 12.1 Å². The van der Waals surface area contributed by atoms with E-state index in [4.69, 9.17) is 15.0 Å². The second kappa shape index (κ2) is 6.38. The second-order valence-electron chi connectivity index (χ2n) is 7.96. The molecule has 0 spiro atoms. The quantitative estimate of drug-likeness (QED) is 0.826. The van der Waals surface area contributed by atoms with Crippen molar-refractivity contribution in [2.75, 3.05) is 13.1 Å². The number of likely N-dealkylation sites (tertiary alicyclic amines) is 1. The first kappa shape index (κ1) is 18.4. The molecule has 2 fully saturated rings. The molecule has 0 saturated carbocycles. The number of nitrogens with zero attached hydrogens (tertiary/aromatic N) is 1. The molecule has 1 aromatic carbocycles. The van der Waals surface area contributed by atoms with E-state index >= 15 is 0 Å². The Labute approximate surface area is 148 Å². The number of hydrogen-bond donors (Lipinski definition) is 1. The van der Waals surface area contributed by atoms with Gasteiger partial charge in [-0.15, -0.1) is 0 Å². The van der Waals surface area contributed by atoms with E-state index in [9.17, 15) is 9.18 Å². The monoisotopic (exact) mass is 348 g/mol. The molecule has 3 rings (SSSR count). The molecule has 0 unspecified atom stereocenters. The third-order valence-corrected chi connectivity index (χ3v) is 5.58. The SMILES string of the molecule is CC1(C)OB(c2ccc(C(=O)N3CCC(N)CC3)c(F)c2)OC1(C)C. The third-order valence-electron chi connectivity index (χ3n) is 5.58. The third kappa shape index (κ3) is 3.45. The van der Waals surface area contributed by atoms with Crippen LogP contribution in [0.25, 0.3) is 0 Å². The number of piperidine rings is 1. The minimum atomic E-state index is -0.642. The Morgan fingerprint density at radius 3 is 2.28 bits per heavy atom. The lowest BCUT2D eigenvalue weighted by Crippen LogP contribution is -2.43. The Morgan fingerprint density at radius 1 is 1.20 bits per heavy atom. The topological polar surface area (TPSA) is 64.8 Å². The van der Waals surface area contributed by atoms with Crippen molar-refractivity contribution in [2.45, 2.75) is 57.8 Å². The van der Waals surface area contributed by atoms with Crippen molar-refractivity contribution in [1.82, 2.24) is 4.90 Å². The van der Waals surface area contributed by atoms with E-state index in [2.05, 4.69) is 0 Å². The van der Waals surface area contributed by atoms with Crippen LogP contribution in [-0.4, -0.2) is 48.3 Å². The van der Waals surface area contributed by atoms with Crippen molar-refractivity contribution in [3.8, 4) is 0 Å². The lowest BCUT2D eigenvalue weighted by Gasteiger charge is -2.32. The molecule has 0 atom stereocenters. The van der Waals surface area contributed by atoms with Crippen LogP contribution in [0.4, 0.5) is 4.39 Å². The zero-order chi connectivity index (χ0) is 18.4. The number of halogens is 1. The van der Waals surface area contributed by atoms with Crippen molar-refractivity contribution in [3.63, 3.8) is 0 Å². The number of nitrogens with two attached hydrogens (primary N) is 1. The van der Waals surface area contributed by atoms with E-state index in [1.807, 2.05) is 27.7 Å². The first-order valence-corrected chi connectivity index (χ1v) is 8.81. The van der Waals surface area contributed by atoms with E-state index in [0.717, 1.165) is 12.8 Å². The fourth-order valence-corrected chi connectivity index (χ4v) is 3.10. The summed E-state index contributed by atoms with van der Waals surface area (Å²) in [7, 11) is -0.642. The summed E-state index contributed by atoms with van der Waals surface area (Å²) in [5.74, 6) is -0.836. The smallest absolute Gasteiger partial charge is 0.399 e. The van der Waals surface area contributed by atoms with E-state index in [1.54, 1.807) is 11.0 Å². The summed E-state index contributed by atoms with van der Waals surface area (Å²) in [5, 5.41) is 0. The number of amides is 1. The molecule has 2 aliphatic rings. The van der Waals surface area contributed by atoms with Gasteiger partial charge in [0.05, 0.1) is 16.8 Å². The van der Waals surface area contributed by atoms with Gasteiger partial charge >= 0.3 is 7.12 Å². The highest BCUT2D eigenvalue weighted by Gasteiger charge is 2.51. The molecule has 0 aliphatic carbocycles. The summed E-state index contributed by atoms with van der Waals surface area (Å²) >= 11 is 0. The van der Waals surface area contributed by atoms with Crippen molar-refractivity contribution < 1.29 is 18.5 Å². The van der Waals surface area contributed by atoms with Crippen molar-refractivity contribution in [3.05, 3.63) is 29.6 Å². The molecular formula is C18H26BFN2O3. The molecule has 1 amide bonds. The van der Waals surface area contributed by atoms with Gasteiger partial charge in [-0.1, -0.05) is 6.07 Å². The maximum absolute atomic E-state index is 14.6. The highest BCUT2D eigenvalue weighted by Crippen LogP contribution is 2.36. The molecule has 7 heteroatoms. The summed E-state index contributed by atoms with van der Waals surface area (Å²) in [6, 6.07) is 4.69. The van der Waals surface area contributed by atoms with Crippen LogP contribution in [0.5, 0.6) is 0 Å². The number of hydrogen-bond acceptors (Lipinski definition) is 4. The van der Waals surface area contributed by atoms with E-state index < -0.39 is 24.1 Å². The van der Waals surface area contributed by atoms with Gasteiger partial charge in [0, 0.05) is 19.1 Å². The molecule has 2 aliphatic heterocycles. The van der Waals surface area contributed by atoms with Crippen LogP contribution in [-0.2, 0) is 9.31 Å². The van der Waals surface area contributed by atoms with Crippen LogP contribution in [0.15, 0.2) is 18.2 Å². The Hall–Kier alpha value is -1.44. The van der Waals surface area contributed by atoms with Gasteiger partial charge in [-0.25, -0.2) is 4.39 Å². The van der Waals surface area contributed by atoms with Gasteiger partial charge < -0.3 is 19.9 Å². The fourth-order valence-electron chi connectivity index (χ4n) is 3.10. The maximum atomic E-state index is 14.6. The van der Waals surface area contributed by atoms with Crippen molar-refractivity contribution in [1.29, 1.82) is 0 Å². The molecule has 5 nitrogen and oxygen atoms in total. The highest BCUT2D eigenvalue weighted by atomic mass is 19.1. The number of benzene rings is 1. The summed E-state index contributed by atoms with van der Waals surface area (Å²) < 4.78 is 26.5. The lowest BCUT2D eigenvalue weighted by molar-refractivity contribution is 0.00578. The van der Waals surface area contributed by atoms with E-state index in [-0.39, 0.29) is 17.5 Å². The summed E-state index contributed by atoms with van der Waals surface area (Å²) in [6.07, 6.45) is 1.50. The summed E-state index contributed by atoms with van der Waals surface area (Å²) in [4.78, 5) is 14.2. The molecule has 2 heterocycles. The molecule has 0 aromatic heterocycles. The largest absolute Gasteiger partial charge is 0.494 e.